The molecule has 34 heavy (non-hydrogen) atoms. The van der Waals surface area contributed by atoms with E-state index in [9.17, 15) is 14.4 Å². The number of halogens is 1. The van der Waals surface area contributed by atoms with Crippen LogP contribution in [-0.4, -0.2) is 17.8 Å². The van der Waals surface area contributed by atoms with E-state index in [1.807, 2.05) is 36.4 Å². The number of ether oxygens (including phenoxy) is 1. The van der Waals surface area contributed by atoms with Crippen LogP contribution in [0.3, 0.4) is 0 Å². The first-order valence-electron chi connectivity index (χ1n) is 10.8. The van der Waals surface area contributed by atoms with Crippen LogP contribution >= 0.6 is 11.6 Å². The molecule has 0 radical (unpaired) electrons. The van der Waals surface area contributed by atoms with Crippen LogP contribution in [-0.2, 0) is 16.2 Å². The molecule has 6 nitrogen and oxygen atoms in total. The Bertz CT molecular complexity index is 1250. The maximum absolute atomic E-state index is 13.1. The number of hydrogen-bond donors (Lipinski definition) is 1. The molecule has 0 unspecified atom stereocenters. The van der Waals surface area contributed by atoms with Crippen molar-refractivity contribution in [2.24, 2.45) is 0 Å². The molecule has 1 fully saturated rings. The molecule has 0 aliphatic carbocycles. The van der Waals surface area contributed by atoms with Gasteiger partial charge in [-0.25, -0.2) is 9.69 Å². The third kappa shape index (κ3) is 5.18. The lowest BCUT2D eigenvalue weighted by molar-refractivity contribution is -0.122. The molecule has 4 rings (SSSR count). The molecule has 0 atom stereocenters. The summed E-state index contributed by atoms with van der Waals surface area (Å²) in [5, 5.41) is 2.89. The number of benzene rings is 3. The first kappa shape index (κ1) is 23.3. The first-order chi connectivity index (χ1) is 16.3. The summed E-state index contributed by atoms with van der Waals surface area (Å²) in [7, 11) is 0. The van der Waals surface area contributed by atoms with Crippen LogP contribution in [0, 0.1) is 0 Å². The normalized spacial score (nSPS) is 15.1. The van der Waals surface area contributed by atoms with E-state index in [4.69, 9.17) is 16.3 Å². The zero-order chi connectivity index (χ0) is 24.2. The average molecular weight is 475 g/mol. The van der Waals surface area contributed by atoms with Gasteiger partial charge in [0.05, 0.1) is 5.69 Å². The van der Waals surface area contributed by atoms with Crippen LogP contribution in [0.5, 0.6) is 5.75 Å². The van der Waals surface area contributed by atoms with Crippen molar-refractivity contribution in [3.05, 3.63) is 100 Å². The average Bonchev–Trinajstić information content (AvgIpc) is 2.82. The predicted molar refractivity (Wildman–Crippen MR) is 132 cm³/mol. The van der Waals surface area contributed by atoms with Gasteiger partial charge in [-0.1, -0.05) is 61.8 Å². The lowest BCUT2D eigenvalue weighted by atomic mass is 10.0. The van der Waals surface area contributed by atoms with Crippen molar-refractivity contribution in [1.82, 2.24) is 5.32 Å². The van der Waals surface area contributed by atoms with Gasteiger partial charge in [0.15, 0.2) is 0 Å². The van der Waals surface area contributed by atoms with Crippen molar-refractivity contribution in [3.8, 4) is 5.75 Å². The minimum Gasteiger partial charge on any atom is -0.489 e. The number of rotatable bonds is 6. The molecular formula is C27H23ClN2O4. The smallest absolute Gasteiger partial charge is 0.335 e. The van der Waals surface area contributed by atoms with E-state index < -0.39 is 17.8 Å². The van der Waals surface area contributed by atoms with Gasteiger partial charge in [-0.15, -0.1) is 0 Å². The SMILES string of the molecule is CC(C)c1ccc(/C=C2\C(=O)NC(=O)N(c3ccc(OCc4ccc(Cl)cc4)cc3)C2=O)cc1. The number of amides is 4. The van der Waals surface area contributed by atoms with Crippen molar-refractivity contribution < 1.29 is 19.1 Å². The monoisotopic (exact) mass is 474 g/mol. The summed E-state index contributed by atoms with van der Waals surface area (Å²) in [5.74, 6) is -0.466. The second kappa shape index (κ2) is 9.93. The predicted octanol–water partition coefficient (Wildman–Crippen LogP) is 5.71. The molecule has 1 heterocycles. The fourth-order valence-electron chi connectivity index (χ4n) is 3.47. The second-order valence-corrected chi connectivity index (χ2v) is 8.62. The number of urea groups is 1. The van der Waals surface area contributed by atoms with Gasteiger partial charge in [0.1, 0.15) is 17.9 Å². The Morgan fingerprint density at radius 1 is 0.912 bits per heavy atom. The van der Waals surface area contributed by atoms with Gasteiger partial charge in [-0.05, 0) is 65.1 Å². The zero-order valence-electron chi connectivity index (χ0n) is 18.7. The Morgan fingerprint density at radius 2 is 1.56 bits per heavy atom. The Morgan fingerprint density at radius 3 is 2.18 bits per heavy atom. The quantitative estimate of drug-likeness (QED) is 0.367. The lowest BCUT2D eigenvalue weighted by Gasteiger charge is -2.26. The summed E-state index contributed by atoms with van der Waals surface area (Å²) in [6.45, 7) is 4.52. The molecule has 3 aromatic carbocycles. The first-order valence-corrected chi connectivity index (χ1v) is 11.2. The van der Waals surface area contributed by atoms with E-state index in [1.165, 1.54) is 6.08 Å². The van der Waals surface area contributed by atoms with Crippen molar-refractivity contribution in [3.63, 3.8) is 0 Å². The maximum Gasteiger partial charge on any atom is 0.335 e. The molecule has 0 aromatic heterocycles. The third-order valence-corrected chi connectivity index (χ3v) is 5.68. The van der Waals surface area contributed by atoms with Gasteiger partial charge in [-0.2, -0.15) is 0 Å². The number of nitrogens with one attached hydrogen (secondary N) is 1. The molecule has 0 bridgehead atoms. The van der Waals surface area contributed by atoms with E-state index in [0.29, 0.717) is 34.5 Å². The minimum absolute atomic E-state index is 0.111. The number of imide groups is 2. The van der Waals surface area contributed by atoms with Crippen LogP contribution in [0.4, 0.5) is 10.5 Å². The van der Waals surface area contributed by atoms with Crippen LogP contribution in [0.1, 0.15) is 36.5 Å². The number of nitrogens with zero attached hydrogens (tertiary/aromatic N) is 1. The highest BCUT2D eigenvalue weighted by molar-refractivity contribution is 6.39. The Hall–Kier alpha value is -3.90. The number of carbonyl (C=O) groups is 3. The Balaban J connectivity index is 1.51. The van der Waals surface area contributed by atoms with Crippen LogP contribution < -0.4 is 15.0 Å². The van der Waals surface area contributed by atoms with Gasteiger partial charge >= 0.3 is 6.03 Å². The second-order valence-electron chi connectivity index (χ2n) is 8.19. The molecule has 1 N–H and O–H groups in total. The molecule has 1 aliphatic heterocycles. The maximum atomic E-state index is 13.1. The van der Waals surface area contributed by atoms with Gasteiger partial charge < -0.3 is 4.74 Å². The van der Waals surface area contributed by atoms with Gasteiger partial charge in [0.2, 0.25) is 0 Å². The largest absolute Gasteiger partial charge is 0.489 e. The fraction of sp³-hybridized carbons (Fsp3) is 0.148. The fourth-order valence-corrected chi connectivity index (χ4v) is 3.60. The number of hydrogen-bond acceptors (Lipinski definition) is 4. The lowest BCUT2D eigenvalue weighted by Crippen LogP contribution is -2.54. The summed E-state index contributed by atoms with van der Waals surface area (Å²) in [5.41, 5.74) is 3.02. The van der Waals surface area contributed by atoms with Crippen LogP contribution in [0.15, 0.2) is 78.4 Å². The molecular weight excluding hydrogens is 452 g/mol. The van der Waals surface area contributed by atoms with Crippen LogP contribution in [0.25, 0.3) is 6.08 Å². The highest BCUT2D eigenvalue weighted by Gasteiger charge is 2.36. The Kier molecular flexibility index (Phi) is 6.80. The van der Waals surface area contributed by atoms with Crippen LogP contribution in [0.2, 0.25) is 5.02 Å². The topological polar surface area (TPSA) is 75.7 Å². The van der Waals surface area contributed by atoms with Gasteiger partial charge in [-0.3, -0.25) is 14.9 Å². The summed E-state index contributed by atoms with van der Waals surface area (Å²) in [4.78, 5) is 38.9. The third-order valence-electron chi connectivity index (χ3n) is 5.43. The summed E-state index contributed by atoms with van der Waals surface area (Å²) in [6.07, 6.45) is 1.49. The highest BCUT2D eigenvalue weighted by atomic mass is 35.5. The number of barbiturate groups is 1. The van der Waals surface area contributed by atoms with Crippen molar-refractivity contribution in [2.75, 3.05) is 4.90 Å². The van der Waals surface area contributed by atoms with Gasteiger partial charge in [0.25, 0.3) is 11.8 Å². The molecule has 4 amide bonds. The molecule has 172 valence electrons. The number of carbonyl (C=O) groups excluding carboxylic acids is 3. The number of anilines is 1. The van der Waals surface area contributed by atoms with E-state index in [-0.39, 0.29) is 5.57 Å². The minimum atomic E-state index is -0.794. The van der Waals surface area contributed by atoms with E-state index in [1.54, 1.807) is 36.4 Å². The zero-order valence-corrected chi connectivity index (χ0v) is 19.5. The van der Waals surface area contributed by atoms with Crippen molar-refractivity contribution in [2.45, 2.75) is 26.4 Å². The highest BCUT2D eigenvalue weighted by Crippen LogP contribution is 2.25. The van der Waals surface area contributed by atoms with E-state index in [2.05, 4.69) is 19.2 Å². The molecule has 0 spiro atoms. The molecule has 7 heteroatoms. The molecule has 1 aliphatic rings. The van der Waals surface area contributed by atoms with E-state index in [0.717, 1.165) is 16.0 Å². The summed E-state index contributed by atoms with van der Waals surface area (Å²) in [6, 6.07) is 20.6. The van der Waals surface area contributed by atoms with Crippen molar-refractivity contribution >= 4 is 41.2 Å². The van der Waals surface area contributed by atoms with Crippen molar-refractivity contribution in [1.29, 1.82) is 0 Å². The standard InChI is InChI=1S/C27H23ClN2O4/c1-17(2)20-7-3-18(4-8-20)15-24-25(31)29-27(33)30(26(24)32)22-11-13-23(14-12-22)34-16-19-5-9-21(28)10-6-19/h3-15,17H,16H2,1-2H3,(H,29,31,33)/b24-15+. The summed E-state index contributed by atoms with van der Waals surface area (Å²) < 4.78 is 5.76. The summed E-state index contributed by atoms with van der Waals surface area (Å²) >= 11 is 5.90. The van der Waals surface area contributed by atoms with E-state index >= 15 is 0 Å². The van der Waals surface area contributed by atoms with Gasteiger partial charge in [0, 0.05) is 5.02 Å². The molecule has 3 aromatic rings. The molecule has 0 saturated carbocycles. The Labute approximate surface area is 202 Å². The molecule has 1 saturated heterocycles.